The zero-order valence-corrected chi connectivity index (χ0v) is 13.9. The van der Waals surface area contributed by atoms with Crippen molar-refractivity contribution in [1.82, 2.24) is 5.32 Å². The maximum absolute atomic E-state index is 12.7. The number of hydrogen-bond acceptors (Lipinski definition) is 2. The first-order chi connectivity index (χ1) is 10.5. The Morgan fingerprint density at radius 1 is 1.32 bits per heavy atom. The van der Waals surface area contributed by atoms with Gasteiger partial charge in [-0.2, -0.15) is 0 Å². The van der Waals surface area contributed by atoms with Crippen LogP contribution in [0.25, 0.3) is 0 Å². The molecule has 0 spiro atoms. The molecule has 2 aliphatic rings. The highest BCUT2D eigenvalue weighted by atomic mass is 35.5. The summed E-state index contributed by atoms with van der Waals surface area (Å²) >= 11 is 6.03. The van der Waals surface area contributed by atoms with E-state index in [0.717, 1.165) is 18.4 Å². The molecule has 3 unspecified atom stereocenters. The molecule has 0 aliphatic heterocycles. The topological polar surface area (TPSA) is 55.1 Å². The van der Waals surface area contributed by atoms with Crippen LogP contribution in [0.1, 0.15) is 50.5 Å². The van der Waals surface area contributed by atoms with Gasteiger partial charge in [0.25, 0.3) is 0 Å². The molecule has 1 amide bonds. The van der Waals surface area contributed by atoms with Crippen LogP contribution in [0.15, 0.2) is 24.3 Å². The van der Waals surface area contributed by atoms with Crippen molar-refractivity contribution >= 4 is 17.5 Å². The molecule has 22 heavy (non-hydrogen) atoms. The van der Waals surface area contributed by atoms with Crippen LogP contribution in [-0.4, -0.2) is 18.0 Å². The highest BCUT2D eigenvalue weighted by Crippen LogP contribution is 2.40. The van der Waals surface area contributed by atoms with E-state index in [1.54, 1.807) is 0 Å². The first-order valence-electron chi connectivity index (χ1n) is 8.36. The monoisotopic (exact) mass is 320 g/mol. The number of halogens is 1. The maximum atomic E-state index is 12.7. The summed E-state index contributed by atoms with van der Waals surface area (Å²) in [6, 6.07) is 8.20. The van der Waals surface area contributed by atoms with Crippen molar-refractivity contribution in [1.29, 1.82) is 0 Å². The second kappa shape index (κ2) is 6.59. The molecule has 0 heterocycles. The summed E-state index contributed by atoms with van der Waals surface area (Å²) < 4.78 is 0. The van der Waals surface area contributed by atoms with Gasteiger partial charge in [-0.15, -0.1) is 0 Å². The average Bonchev–Trinajstić information content (AvgIpc) is 2.47. The van der Waals surface area contributed by atoms with E-state index in [1.807, 2.05) is 31.2 Å². The van der Waals surface area contributed by atoms with Crippen LogP contribution in [-0.2, 0) is 4.79 Å². The van der Waals surface area contributed by atoms with Crippen LogP contribution < -0.4 is 11.1 Å². The standard InChI is InChI=1S/C18H25ClN2O/c1-11(12-4-3-7-15(19)8-12)18(22)21-17-13-5-2-6-14(17)10-16(20)9-13/h3-4,7-8,11,13-14,16-17H,2,5-6,9-10,20H2,1H3,(H,21,22). The minimum Gasteiger partial charge on any atom is -0.352 e. The highest BCUT2D eigenvalue weighted by molar-refractivity contribution is 6.30. The predicted molar refractivity (Wildman–Crippen MR) is 89.8 cm³/mol. The minimum absolute atomic E-state index is 0.111. The molecule has 3 atom stereocenters. The smallest absolute Gasteiger partial charge is 0.227 e. The minimum atomic E-state index is -0.171. The first-order valence-corrected chi connectivity index (χ1v) is 8.74. The summed E-state index contributed by atoms with van der Waals surface area (Å²) in [6.07, 6.45) is 5.76. The third-order valence-corrected chi connectivity index (χ3v) is 5.66. The first kappa shape index (κ1) is 15.8. The van der Waals surface area contributed by atoms with E-state index in [1.165, 1.54) is 19.3 Å². The third-order valence-electron chi connectivity index (χ3n) is 5.43. The molecular weight excluding hydrogens is 296 g/mol. The summed E-state index contributed by atoms with van der Waals surface area (Å²) in [6.45, 7) is 1.95. The lowest BCUT2D eigenvalue weighted by molar-refractivity contribution is -0.124. The molecule has 3 N–H and O–H groups in total. The van der Waals surface area contributed by atoms with Gasteiger partial charge in [0.15, 0.2) is 0 Å². The molecule has 120 valence electrons. The van der Waals surface area contributed by atoms with Gasteiger partial charge < -0.3 is 11.1 Å². The summed E-state index contributed by atoms with van der Waals surface area (Å²) in [5, 5.41) is 4.00. The summed E-state index contributed by atoms with van der Waals surface area (Å²) in [5.74, 6) is 1.05. The van der Waals surface area contributed by atoms with Crippen molar-refractivity contribution < 1.29 is 4.79 Å². The van der Waals surface area contributed by atoms with Crippen molar-refractivity contribution in [3.63, 3.8) is 0 Å². The van der Waals surface area contributed by atoms with Gasteiger partial charge in [0.05, 0.1) is 5.92 Å². The average molecular weight is 321 g/mol. The molecule has 3 nitrogen and oxygen atoms in total. The Bertz CT molecular complexity index is 534. The van der Waals surface area contributed by atoms with Crippen molar-refractivity contribution in [2.75, 3.05) is 0 Å². The van der Waals surface area contributed by atoms with E-state index in [0.29, 0.717) is 28.9 Å². The Labute approximate surface area is 137 Å². The lowest BCUT2D eigenvalue weighted by atomic mass is 9.67. The van der Waals surface area contributed by atoms with E-state index in [9.17, 15) is 4.79 Å². The molecule has 0 aromatic heterocycles. The van der Waals surface area contributed by atoms with E-state index in [2.05, 4.69) is 5.32 Å². The number of amides is 1. The van der Waals surface area contributed by atoms with Gasteiger partial charge in [-0.3, -0.25) is 4.79 Å². The molecule has 2 aliphatic carbocycles. The summed E-state index contributed by atoms with van der Waals surface area (Å²) in [7, 11) is 0. The van der Waals surface area contributed by atoms with Gasteiger partial charge >= 0.3 is 0 Å². The molecule has 2 fully saturated rings. The van der Waals surface area contributed by atoms with Crippen molar-refractivity contribution in [3.05, 3.63) is 34.9 Å². The SMILES string of the molecule is CC(C(=O)NC1C2CCCC1CC(N)C2)c1cccc(Cl)c1. The molecule has 3 rings (SSSR count). The molecule has 4 heteroatoms. The second-order valence-electron chi connectivity index (χ2n) is 6.99. The largest absolute Gasteiger partial charge is 0.352 e. The van der Waals surface area contributed by atoms with Gasteiger partial charge in [0.1, 0.15) is 0 Å². The number of nitrogens with two attached hydrogens (primary N) is 1. The van der Waals surface area contributed by atoms with Gasteiger partial charge in [-0.1, -0.05) is 30.2 Å². The van der Waals surface area contributed by atoms with Crippen molar-refractivity contribution in [3.8, 4) is 0 Å². The number of carbonyl (C=O) groups excluding carboxylic acids is 1. The Hall–Kier alpha value is -1.06. The van der Waals surface area contributed by atoms with Crippen LogP contribution in [0.4, 0.5) is 0 Å². The molecule has 0 radical (unpaired) electrons. The number of rotatable bonds is 3. The Morgan fingerprint density at radius 3 is 2.64 bits per heavy atom. The van der Waals surface area contributed by atoms with Gasteiger partial charge in [-0.05, 0) is 62.1 Å². The van der Waals surface area contributed by atoms with E-state index in [4.69, 9.17) is 17.3 Å². The Balaban J connectivity index is 1.68. The van der Waals surface area contributed by atoms with Gasteiger partial charge in [-0.25, -0.2) is 0 Å². The van der Waals surface area contributed by atoms with Crippen LogP contribution in [0, 0.1) is 11.8 Å². The zero-order chi connectivity index (χ0) is 15.7. The maximum Gasteiger partial charge on any atom is 0.227 e. The molecule has 1 aromatic carbocycles. The summed E-state index contributed by atoms with van der Waals surface area (Å²) in [4.78, 5) is 12.7. The number of fused-ring (bicyclic) bond motifs is 2. The number of nitrogens with one attached hydrogen (secondary N) is 1. The fourth-order valence-electron chi connectivity index (χ4n) is 4.24. The fourth-order valence-corrected chi connectivity index (χ4v) is 4.44. The zero-order valence-electron chi connectivity index (χ0n) is 13.1. The summed E-state index contributed by atoms with van der Waals surface area (Å²) in [5.41, 5.74) is 7.13. The molecule has 1 aromatic rings. The van der Waals surface area contributed by atoms with Crippen molar-refractivity contribution in [2.45, 2.75) is 57.0 Å². The van der Waals surface area contributed by atoms with Gasteiger partial charge in [0, 0.05) is 17.1 Å². The normalized spacial score (nSPS) is 32.3. The quantitative estimate of drug-likeness (QED) is 0.896. The molecular formula is C18H25ClN2O. The fraction of sp³-hybridized carbons (Fsp3) is 0.611. The van der Waals surface area contributed by atoms with Crippen LogP contribution in [0.3, 0.4) is 0 Å². The lowest BCUT2D eigenvalue weighted by Crippen LogP contribution is -2.54. The van der Waals surface area contributed by atoms with E-state index in [-0.39, 0.29) is 11.8 Å². The molecule has 2 saturated carbocycles. The Kier molecular flexibility index (Phi) is 4.74. The van der Waals surface area contributed by atoms with Gasteiger partial charge in [0.2, 0.25) is 5.91 Å². The second-order valence-corrected chi connectivity index (χ2v) is 7.43. The third kappa shape index (κ3) is 3.31. The Morgan fingerprint density at radius 2 is 2.00 bits per heavy atom. The van der Waals surface area contributed by atoms with E-state index < -0.39 is 0 Å². The molecule has 0 saturated heterocycles. The van der Waals surface area contributed by atoms with Crippen LogP contribution in [0.2, 0.25) is 5.02 Å². The van der Waals surface area contributed by atoms with E-state index >= 15 is 0 Å². The highest BCUT2D eigenvalue weighted by Gasteiger charge is 2.40. The number of hydrogen-bond donors (Lipinski definition) is 2. The van der Waals surface area contributed by atoms with Crippen molar-refractivity contribution in [2.24, 2.45) is 17.6 Å². The molecule has 2 bridgehead atoms. The number of carbonyl (C=O) groups is 1. The number of benzene rings is 1. The predicted octanol–water partition coefficient (Wildman–Crippen LogP) is 3.47. The lowest BCUT2D eigenvalue weighted by Gasteiger charge is -2.45. The van der Waals surface area contributed by atoms with Crippen LogP contribution >= 0.6 is 11.6 Å². The van der Waals surface area contributed by atoms with Crippen LogP contribution in [0.5, 0.6) is 0 Å².